The van der Waals surface area contributed by atoms with Gasteiger partial charge in [0.1, 0.15) is 36.5 Å². The number of nitrogens with zero attached hydrogens (tertiary/aromatic N) is 8. The van der Waals surface area contributed by atoms with Gasteiger partial charge in [-0.1, -0.05) is 115 Å². The van der Waals surface area contributed by atoms with Gasteiger partial charge in [-0.25, -0.2) is 19.7 Å². The Morgan fingerprint density at radius 1 is 0.787 bits per heavy atom. The fourth-order valence-electron chi connectivity index (χ4n) is 11.8. The number of piperazine rings is 1. The van der Waals surface area contributed by atoms with Gasteiger partial charge in [0.05, 0.1) is 41.8 Å². The third kappa shape index (κ3) is 10.1. The van der Waals surface area contributed by atoms with Gasteiger partial charge in [0, 0.05) is 62.8 Å². The molecule has 7 aromatic rings. The van der Waals surface area contributed by atoms with Gasteiger partial charge in [-0.05, 0) is 89.0 Å². The summed E-state index contributed by atoms with van der Waals surface area (Å²) in [5.74, 6) is 3.91. The summed E-state index contributed by atoms with van der Waals surface area (Å²) in [6, 6.07) is 44.7. The summed E-state index contributed by atoms with van der Waals surface area (Å²) in [6.07, 6.45) is 1.27. The minimum absolute atomic E-state index is 0.0104. The first-order valence-corrected chi connectivity index (χ1v) is 26.4. The maximum Gasteiger partial charge on any atom is 0.421 e. The number of imide groups is 1. The second-order valence-electron chi connectivity index (χ2n) is 20.1. The number of nitro groups is 1. The van der Waals surface area contributed by atoms with E-state index in [4.69, 9.17) is 14.2 Å². The van der Waals surface area contributed by atoms with E-state index in [1.807, 2.05) is 108 Å². The third-order valence-electron chi connectivity index (χ3n) is 15.3. The van der Waals surface area contributed by atoms with Crippen LogP contribution in [-0.4, -0.2) is 118 Å². The topological polar surface area (TPSA) is 201 Å². The van der Waals surface area contributed by atoms with E-state index in [-0.39, 0.29) is 49.8 Å². The summed E-state index contributed by atoms with van der Waals surface area (Å²) in [5, 5.41) is 21.3. The van der Waals surface area contributed by atoms with E-state index >= 15 is 19.2 Å². The molecule has 18 heteroatoms. The van der Waals surface area contributed by atoms with Gasteiger partial charge in [-0.2, -0.15) is 0 Å². The van der Waals surface area contributed by atoms with Crippen molar-refractivity contribution in [3.8, 4) is 17.6 Å². The number of carbonyl (C=O) groups is 4. The number of carbonyl (C=O) groups excluding carboxylic acids is 4. The molecule has 5 heterocycles. The number of rotatable bonds is 14. The van der Waals surface area contributed by atoms with Crippen molar-refractivity contribution < 1.29 is 43.4 Å². The van der Waals surface area contributed by atoms with Gasteiger partial charge >= 0.3 is 12.1 Å². The predicted molar refractivity (Wildman–Crippen MR) is 295 cm³/mol. The van der Waals surface area contributed by atoms with Crippen LogP contribution < -0.4 is 14.5 Å². The molecular formula is C62H56N8O10. The fraction of sp³-hybridized carbons (Fsp3) is 0.258. The number of hydrogen-bond acceptors (Lipinski definition) is 15. The first-order chi connectivity index (χ1) is 39.0. The van der Waals surface area contributed by atoms with E-state index in [9.17, 15) is 15.2 Å². The van der Waals surface area contributed by atoms with Gasteiger partial charge < -0.3 is 29.1 Å². The summed E-state index contributed by atoms with van der Waals surface area (Å²) >= 11 is 0. The maximum absolute atomic E-state index is 16.9. The van der Waals surface area contributed by atoms with E-state index in [1.54, 1.807) is 65.8 Å². The number of morpholine rings is 1. The summed E-state index contributed by atoms with van der Waals surface area (Å²) in [6.45, 7) is 1.42. The number of aliphatic hydroxyl groups is 1. The lowest BCUT2D eigenvalue weighted by Crippen LogP contribution is -2.59. The number of ether oxygens (including phenoxy) is 3. The fourth-order valence-corrected chi connectivity index (χ4v) is 11.8. The number of amides is 3. The summed E-state index contributed by atoms with van der Waals surface area (Å²) in [5.41, 5.74) is 2.06. The van der Waals surface area contributed by atoms with Crippen molar-refractivity contribution in [3.05, 3.63) is 225 Å². The molecule has 3 saturated heterocycles. The predicted octanol–water partition coefficient (Wildman–Crippen LogP) is 7.59. The number of aliphatic hydroxyl groups excluding tert-OH is 1. The highest BCUT2D eigenvalue weighted by Crippen LogP contribution is 2.66. The zero-order chi connectivity index (χ0) is 55.3. The number of hydrogen-bond donors (Lipinski definition) is 1. The molecule has 18 nitrogen and oxygen atoms in total. The molecule has 6 aromatic carbocycles. The number of fused-ring (bicyclic) bond motifs is 3. The number of nitro benzene ring substituents is 1. The van der Waals surface area contributed by atoms with Crippen molar-refractivity contribution >= 4 is 41.2 Å². The molecule has 1 spiro atoms. The van der Waals surface area contributed by atoms with Crippen molar-refractivity contribution in [1.82, 2.24) is 24.7 Å². The van der Waals surface area contributed by atoms with Crippen molar-refractivity contribution in [2.75, 3.05) is 62.8 Å². The van der Waals surface area contributed by atoms with E-state index in [0.717, 1.165) is 16.0 Å². The van der Waals surface area contributed by atoms with E-state index in [0.29, 0.717) is 60.1 Å². The van der Waals surface area contributed by atoms with Gasteiger partial charge in [-0.15, -0.1) is 0 Å². The second kappa shape index (κ2) is 23.0. The highest BCUT2D eigenvalue weighted by molar-refractivity contribution is 6.23. The van der Waals surface area contributed by atoms with E-state index in [1.165, 1.54) is 24.3 Å². The van der Waals surface area contributed by atoms with Gasteiger partial charge in [-0.3, -0.25) is 34.3 Å². The lowest BCUT2D eigenvalue weighted by Gasteiger charge is -2.46. The Balaban J connectivity index is 1.12. The Hall–Kier alpha value is -9.28. The van der Waals surface area contributed by atoms with Crippen LogP contribution in [0.4, 0.5) is 22.1 Å². The Bertz CT molecular complexity index is 3450. The number of anilines is 2. The van der Waals surface area contributed by atoms with Crippen LogP contribution in [0.1, 0.15) is 57.1 Å². The molecule has 80 heavy (non-hydrogen) atoms. The molecule has 4 aliphatic rings. The highest BCUT2D eigenvalue weighted by Gasteiger charge is 2.76. The molecule has 3 fully saturated rings. The number of non-ortho nitro benzene ring substituents is 1. The van der Waals surface area contributed by atoms with Gasteiger partial charge in [0.25, 0.3) is 5.69 Å². The van der Waals surface area contributed by atoms with Crippen LogP contribution in [0, 0.1) is 27.9 Å². The molecule has 0 aliphatic carbocycles. The van der Waals surface area contributed by atoms with Crippen molar-refractivity contribution in [2.45, 2.75) is 42.8 Å². The van der Waals surface area contributed by atoms with Crippen molar-refractivity contribution in [3.63, 3.8) is 0 Å². The Labute approximate surface area is 461 Å². The number of esters is 1. The van der Waals surface area contributed by atoms with Crippen LogP contribution in [0.5, 0.6) is 5.75 Å². The number of aromatic nitrogens is 2. The molecule has 0 unspecified atom stereocenters. The zero-order valence-electron chi connectivity index (χ0n) is 43.7. The third-order valence-corrected chi connectivity index (χ3v) is 15.3. The normalized spacial score (nSPS) is 21.3. The lowest BCUT2D eigenvalue weighted by atomic mass is 9.65. The van der Waals surface area contributed by atoms with Gasteiger partial charge in [0.2, 0.25) is 17.8 Å². The number of benzene rings is 6. The Morgan fingerprint density at radius 2 is 1.45 bits per heavy atom. The average molecular weight is 1070 g/mol. The summed E-state index contributed by atoms with van der Waals surface area (Å²) in [7, 11) is 1.96. The van der Waals surface area contributed by atoms with Crippen molar-refractivity contribution in [1.29, 1.82) is 0 Å². The molecule has 1 N–H and O–H groups in total. The van der Waals surface area contributed by atoms with E-state index in [2.05, 4.69) is 26.7 Å². The van der Waals surface area contributed by atoms with Crippen LogP contribution in [0.15, 0.2) is 176 Å². The van der Waals surface area contributed by atoms with Crippen LogP contribution in [0.25, 0.3) is 0 Å². The SMILES string of the molecule is CN(CC#Cc1ccc2c(c1)[C@]1(C(=O)N2C(=O)OCc2ccc([N+](=O)[O-])cc2)[C@H](C(=O)N2CCN(c3ncccn3)CC2)[C@H]2C(=O)O[C@H](c3ccccc3)[C@H](c3ccccc3)N2[C@@H]1c1ccc(OCCO)cc1)Cc1ccccc1. The Morgan fingerprint density at radius 3 is 2.11 bits per heavy atom. The largest absolute Gasteiger partial charge is 0.491 e. The minimum Gasteiger partial charge on any atom is -0.491 e. The maximum atomic E-state index is 16.9. The summed E-state index contributed by atoms with van der Waals surface area (Å²) < 4.78 is 18.5. The molecule has 11 rings (SSSR count). The average Bonchev–Trinajstić information content (AvgIpc) is 4.02. The van der Waals surface area contributed by atoms with Crippen LogP contribution in [0.3, 0.4) is 0 Å². The Kier molecular flexibility index (Phi) is 15.1. The number of cyclic esters (lactones) is 1. The van der Waals surface area contributed by atoms with Gasteiger partial charge in [0.15, 0.2) is 0 Å². The molecule has 404 valence electrons. The zero-order valence-corrected chi connectivity index (χ0v) is 43.7. The van der Waals surface area contributed by atoms with Crippen LogP contribution in [0.2, 0.25) is 0 Å². The van der Waals surface area contributed by atoms with E-state index < -0.39 is 64.4 Å². The molecule has 0 radical (unpaired) electrons. The van der Waals surface area contributed by atoms with Crippen molar-refractivity contribution in [2.24, 2.45) is 5.92 Å². The first kappa shape index (κ1) is 52.8. The molecule has 0 bridgehead atoms. The first-order valence-electron chi connectivity index (χ1n) is 26.4. The second-order valence-corrected chi connectivity index (χ2v) is 20.1. The quantitative estimate of drug-likeness (QED) is 0.0483. The molecule has 1 aromatic heterocycles. The minimum atomic E-state index is -2.10. The highest BCUT2D eigenvalue weighted by atomic mass is 16.6. The molecule has 4 aliphatic heterocycles. The smallest absolute Gasteiger partial charge is 0.421 e. The monoisotopic (exact) mass is 1070 g/mol. The molecular weight excluding hydrogens is 1020 g/mol. The summed E-state index contributed by atoms with van der Waals surface area (Å²) in [4.78, 5) is 92.8. The standard InChI is InChI=1S/C62H56N8O10/c1-65(40-43-13-5-2-6-14-43)32-11-15-42-22-29-51-50(39-42)62(59(74)68(51)61(75)79-41-44-20-25-48(26-21-44)70(76)77)52(57(72)66-33-35-67(36-34-66)60-63-30-12-31-64-60)54-58(73)80-55(46-18-9-4-10-19-46)53(45-16-7-3-8-17-45)69(54)56(62)47-23-27-49(28-24-47)78-38-37-71/h2-10,12-14,16-31,39,52-56,71H,32-38,40-41H2,1H3/t52-,53-,54-,55+,56+,62-/m0/s1. The molecule has 0 saturated carbocycles. The lowest BCUT2D eigenvalue weighted by molar-refractivity contribution is -0.384. The molecule has 3 amide bonds. The van der Waals surface area contributed by atoms with Crippen LogP contribution in [-0.2, 0) is 42.4 Å². The van der Waals surface area contributed by atoms with Crippen LogP contribution >= 0.6 is 0 Å². The molecule has 6 atom stereocenters.